The molecule has 2 heterocycles. The molecular weight excluding hydrogens is 282 g/mol. The second-order valence-electron chi connectivity index (χ2n) is 6.38. The highest BCUT2D eigenvalue weighted by Gasteiger charge is 2.30. The van der Waals surface area contributed by atoms with Crippen molar-refractivity contribution in [2.75, 3.05) is 0 Å². The van der Waals surface area contributed by atoms with Crippen molar-refractivity contribution in [1.29, 1.82) is 0 Å². The van der Waals surface area contributed by atoms with Gasteiger partial charge in [0.05, 0.1) is 11.7 Å². The number of benzene rings is 1. The summed E-state index contributed by atoms with van der Waals surface area (Å²) < 4.78 is 2.18. The topological polar surface area (TPSA) is 30.7 Å². The van der Waals surface area contributed by atoms with Gasteiger partial charge in [-0.15, -0.1) is 0 Å². The second-order valence-corrected chi connectivity index (χ2v) is 6.38. The molecule has 1 fully saturated rings. The van der Waals surface area contributed by atoms with Crippen LogP contribution in [0, 0.1) is 6.92 Å². The Morgan fingerprint density at radius 3 is 2.74 bits per heavy atom. The van der Waals surface area contributed by atoms with Crippen LogP contribution in [0.15, 0.2) is 60.9 Å². The van der Waals surface area contributed by atoms with Crippen LogP contribution in [0.1, 0.15) is 42.5 Å². The van der Waals surface area contributed by atoms with Crippen LogP contribution >= 0.6 is 0 Å². The summed E-state index contributed by atoms with van der Waals surface area (Å²) >= 11 is 0. The van der Waals surface area contributed by atoms with Crippen molar-refractivity contribution in [3.8, 4) is 11.3 Å². The van der Waals surface area contributed by atoms with E-state index in [1.54, 1.807) is 0 Å². The number of nitrogens with zero attached hydrogens (tertiary/aromatic N) is 3. The molecule has 0 saturated heterocycles. The van der Waals surface area contributed by atoms with Crippen molar-refractivity contribution >= 4 is 0 Å². The Morgan fingerprint density at radius 2 is 1.91 bits per heavy atom. The van der Waals surface area contributed by atoms with Gasteiger partial charge >= 0.3 is 0 Å². The lowest BCUT2D eigenvalue weighted by Gasteiger charge is -2.20. The van der Waals surface area contributed by atoms with E-state index in [0.717, 1.165) is 17.0 Å². The second kappa shape index (κ2) is 5.99. The van der Waals surface area contributed by atoms with Crippen molar-refractivity contribution in [2.45, 2.75) is 38.1 Å². The van der Waals surface area contributed by atoms with E-state index in [4.69, 9.17) is 5.10 Å². The van der Waals surface area contributed by atoms with E-state index >= 15 is 0 Å². The van der Waals surface area contributed by atoms with Crippen LogP contribution in [-0.2, 0) is 0 Å². The summed E-state index contributed by atoms with van der Waals surface area (Å²) in [6.45, 7) is 2.02. The monoisotopic (exact) mass is 303 g/mol. The van der Waals surface area contributed by atoms with Crippen LogP contribution in [0.25, 0.3) is 11.3 Å². The lowest BCUT2D eigenvalue weighted by Crippen LogP contribution is -2.13. The zero-order chi connectivity index (χ0) is 15.6. The first-order valence-corrected chi connectivity index (χ1v) is 8.34. The average molecular weight is 303 g/mol. The molecule has 0 unspecified atom stereocenters. The maximum absolute atomic E-state index is 4.87. The Morgan fingerprint density at radius 1 is 1.04 bits per heavy atom. The molecule has 0 radical (unpaired) electrons. The normalized spacial score (nSPS) is 20.7. The molecule has 2 atom stereocenters. The van der Waals surface area contributed by atoms with Crippen LogP contribution in [0.3, 0.4) is 0 Å². The lowest BCUT2D eigenvalue weighted by molar-refractivity contribution is 0.424. The minimum atomic E-state index is 0.467. The molecule has 4 rings (SSSR count). The van der Waals surface area contributed by atoms with E-state index < -0.39 is 0 Å². The predicted molar refractivity (Wildman–Crippen MR) is 92.3 cm³/mol. The fourth-order valence-corrected chi connectivity index (χ4v) is 3.73. The number of rotatable bonds is 3. The number of aryl methyl sites for hydroxylation is 1. The van der Waals surface area contributed by atoms with Crippen LogP contribution in [0.5, 0.6) is 0 Å². The number of pyridine rings is 1. The minimum absolute atomic E-state index is 0.467. The maximum Gasteiger partial charge on any atom is 0.0924 e. The quantitative estimate of drug-likeness (QED) is 0.698. The third-order valence-corrected chi connectivity index (χ3v) is 4.85. The fraction of sp³-hybridized carbons (Fsp3) is 0.300. The molecular formula is C20H21N3. The number of hydrogen-bond donors (Lipinski definition) is 0. The molecule has 23 heavy (non-hydrogen) atoms. The minimum Gasteiger partial charge on any atom is -0.268 e. The molecule has 1 saturated carbocycles. The highest BCUT2D eigenvalue weighted by molar-refractivity contribution is 5.58. The zero-order valence-electron chi connectivity index (χ0n) is 13.4. The highest BCUT2D eigenvalue weighted by Crippen LogP contribution is 2.42. The van der Waals surface area contributed by atoms with Crippen molar-refractivity contribution in [3.63, 3.8) is 0 Å². The third-order valence-electron chi connectivity index (χ3n) is 4.85. The first kappa shape index (κ1) is 14.2. The van der Waals surface area contributed by atoms with Gasteiger partial charge in [0.25, 0.3) is 0 Å². The standard InChI is InChI=1S/C20H21N3/c1-15-14-17(10-12-21-15)19-11-13-23(22-19)20-9-5-8-18(20)16-6-3-2-4-7-16/h2-4,6-7,10-14,18,20H,5,8-9H2,1H3/t18-,20+/m0/s1. The predicted octanol–water partition coefficient (Wildman–Crippen LogP) is 4.76. The van der Waals surface area contributed by atoms with Gasteiger partial charge in [0.15, 0.2) is 0 Å². The van der Waals surface area contributed by atoms with E-state index in [2.05, 4.69) is 58.3 Å². The first-order chi connectivity index (χ1) is 11.3. The van der Waals surface area contributed by atoms with E-state index in [1.165, 1.54) is 24.8 Å². The van der Waals surface area contributed by atoms with Gasteiger partial charge in [-0.1, -0.05) is 36.8 Å². The van der Waals surface area contributed by atoms with Gasteiger partial charge < -0.3 is 0 Å². The van der Waals surface area contributed by atoms with Gasteiger partial charge in [0.2, 0.25) is 0 Å². The lowest BCUT2D eigenvalue weighted by atomic mass is 9.94. The Bertz CT molecular complexity index is 791. The SMILES string of the molecule is Cc1cc(-c2ccn([C@@H]3CCC[C@H]3c3ccccc3)n2)ccn1. The Kier molecular flexibility index (Phi) is 3.70. The molecule has 1 aliphatic rings. The van der Waals surface area contributed by atoms with Gasteiger partial charge in [-0.05, 0) is 43.5 Å². The van der Waals surface area contributed by atoms with Crippen LogP contribution in [0.2, 0.25) is 0 Å². The van der Waals surface area contributed by atoms with Crippen molar-refractivity contribution in [1.82, 2.24) is 14.8 Å². The highest BCUT2D eigenvalue weighted by atomic mass is 15.3. The van der Waals surface area contributed by atoms with Crippen molar-refractivity contribution in [2.24, 2.45) is 0 Å². The van der Waals surface area contributed by atoms with E-state index in [-0.39, 0.29) is 0 Å². The Hall–Kier alpha value is -2.42. The van der Waals surface area contributed by atoms with Crippen molar-refractivity contribution in [3.05, 3.63) is 72.2 Å². The zero-order valence-corrected chi connectivity index (χ0v) is 13.4. The first-order valence-electron chi connectivity index (χ1n) is 8.34. The van der Waals surface area contributed by atoms with Gasteiger partial charge in [0.1, 0.15) is 0 Å². The van der Waals surface area contributed by atoms with Crippen LogP contribution in [0.4, 0.5) is 0 Å². The largest absolute Gasteiger partial charge is 0.268 e. The fourth-order valence-electron chi connectivity index (χ4n) is 3.73. The summed E-state index contributed by atoms with van der Waals surface area (Å²) in [5.74, 6) is 0.572. The molecule has 1 aromatic carbocycles. The molecule has 0 aliphatic heterocycles. The van der Waals surface area contributed by atoms with Gasteiger partial charge in [-0.3, -0.25) is 9.67 Å². The number of aromatic nitrogens is 3. The van der Waals surface area contributed by atoms with E-state index in [0.29, 0.717) is 12.0 Å². The molecule has 0 spiro atoms. The van der Waals surface area contributed by atoms with Crippen molar-refractivity contribution < 1.29 is 0 Å². The van der Waals surface area contributed by atoms with Gasteiger partial charge in [-0.2, -0.15) is 5.10 Å². The van der Waals surface area contributed by atoms with Crippen LogP contribution < -0.4 is 0 Å². The smallest absolute Gasteiger partial charge is 0.0924 e. The molecule has 116 valence electrons. The van der Waals surface area contributed by atoms with Gasteiger partial charge in [-0.25, -0.2) is 0 Å². The maximum atomic E-state index is 4.87. The molecule has 1 aliphatic carbocycles. The third kappa shape index (κ3) is 2.79. The molecule has 0 bridgehead atoms. The molecule has 3 heteroatoms. The molecule has 3 nitrogen and oxygen atoms in total. The molecule has 2 aromatic heterocycles. The number of hydrogen-bond acceptors (Lipinski definition) is 2. The summed E-state index contributed by atoms with van der Waals surface area (Å²) in [6, 6.07) is 17.6. The van der Waals surface area contributed by atoms with Crippen LogP contribution in [-0.4, -0.2) is 14.8 Å². The summed E-state index contributed by atoms with van der Waals surface area (Å²) in [5.41, 5.74) is 4.65. The van der Waals surface area contributed by atoms with E-state index in [1.807, 2.05) is 19.2 Å². The van der Waals surface area contributed by atoms with E-state index in [9.17, 15) is 0 Å². The summed E-state index contributed by atoms with van der Waals surface area (Å²) in [4.78, 5) is 4.27. The molecule has 0 N–H and O–H groups in total. The molecule has 0 amide bonds. The summed E-state index contributed by atoms with van der Waals surface area (Å²) in [7, 11) is 0. The Balaban J connectivity index is 1.63. The summed E-state index contributed by atoms with van der Waals surface area (Å²) in [5, 5.41) is 4.87. The summed E-state index contributed by atoms with van der Waals surface area (Å²) in [6.07, 6.45) is 7.71. The van der Waals surface area contributed by atoms with Gasteiger partial charge in [0, 0.05) is 29.6 Å². The Labute approximate surface area is 137 Å². The average Bonchev–Trinajstić information content (AvgIpc) is 3.25. The molecule has 3 aromatic rings.